The summed E-state index contributed by atoms with van der Waals surface area (Å²) >= 11 is 0. The Morgan fingerprint density at radius 1 is 1.25 bits per heavy atom. The maximum absolute atomic E-state index is 10.9. The van der Waals surface area contributed by atoms with Crippen LogP contribution in [0.4, 0.5) is 0 Å². The number of nitrogens with two attached hydrogens (primary N) is 1. The summed E-state index contributed by atoms with van der Waals surface area (Å²) in [5, 5.41) is 13.0. The van der Waals surface area contributed by atoms with Gasteiger partial charge in [0.2, 0.25) is 0 Å². The van der Waals surface area contributed by atoms with Crippen LogP contribution in [0.15, 0.2) is 36.4 Å². The Kier molecular flexibility index (Phi) is 4.31. The van der Waals surface area contributed by atoms with Gasteiger partial charge in [-0.05, 0) is 23.3 Å². The fourth-order valence-electron chi connectivity index (χ4n) is 2.53. The van der Waals surface area contributed by atoms with Crippen molar-refractivity contribution < 1.29 is 9.84 Å². The molecule has 3 nitrogen and oxygen atoms in total. The van der Waals surface area contributed by atoms with E-state index < -0.39 is 6.10 Å². The Bertz CT molecular complexity index is 591. The summed E-state index contributed by atoms with van der Waals surface area (Å²) < 4.78 is 5.46. The van der Waals surface area contributed by atoms with Gasteiger partial charge in [0.25, 0.3) is 0 Å². The van der Waals surface area contributed by atoms with E-state index in [9.17, 15) is 5.11 Å². The summed E-state index contributed by atoms with van der Waals surface area (Å²) in [5.41, 5.74) is 6.36. The second kappa shape index (κ2) is 5.81. The molecule has 3 N–H and O–H groups in total. The first-order chi connectivity index (χ1) is 9.57. The zero-order valence-electron chi connectivity index (χ0n) is 12.4. The van der Waals surface area contributed by atoms with E-state index in [0.29, 0.717) is 12.3 Å². The Morgan fingerprint density at radius 3 is 2.55 bits per heavy atom. The summed E-state index contributed by atoms with van der Waals surface area (Å²) in [4.78, 5) is 0. The van der Waals surface area contributed by atoms with E-state index >= 15 is 0 Å². The average molecular weight is 273 g/mol. The Balaban J connectivity index is 2.67. The molecule has 0 amide bonds. The Hall–Kier alpha value is -1.58. The Labute approximate surface area is 120 Å². The van der Waals surface area contributed by atoms with Crippen LogP contribution in [-0.4, -0.2) is 18.8 Å². The van der Waals surface area contributed by atoms with Crippen LogP contribution in [0.1, 0.15) is 31.9 Å². The number of ether oxygens (including phenoxy) is 1. The van der Waals surface area contributed by atoms with E-state index in [0.717, 1.165) is 22.8 Å². The minimum atomic E-state index is -0.654. The number of hydrogen-bond donors (Lipinski definition) is 2. The lowest BCUT2D eigenvalue weighted by atomic mass is 9.77. The van der Waals surface area contributed by atoms with Gasteiger partial charge >= 0.3 is 0 Å². The zero-order chi connectivity index (χ0) is 14.8. The fraction of sp³-hybridized carbons (Fsp3) is 0.412. The summed E-state index contributed by atoms with van der Waals surface area (Å²) in [6.07, 6.45) is 0.149. The van der Waals surface area contributed by atoms with Gasteiger partial charge in [0.15, 0.2) is 0 Å². The first kappa shape index (κ1) is 14.8. The largest absolute Gasteiger partial charge is 0.496 e. The predicted octanol–water partition coefficient (Wildman–Crippen LogP) is 3.26. The fourth-order valence-corrected chi connectivity index (χ4v) is 2.53. The molecule has 0 spiro atoms. The lowest BCUT2D eigenvalue weighted by molar-refractivity contribution is 0.0385. The van der Waals surface area contributed by atoms with Crippen LogP contribution in [0.2, 0.25) is 0 Å². The third-order valence-electron chi connectivity index (χ3n) is 4.36. The van der Waals surface area contributed by atoms with Crippen LogP contribution >= 0.6 is 0 Å². The molecule has 0 saturated carbocycles. The van der Waals surface area contributed by atoms with Gasteiger partial charge in [-0.25, -0.2) is 0 Å². The van der Waals surface area contributed by atoms with Crippen molar-refractivity contribution in [3.63, 3.8) is 0 Å². The maximum Gasteiger partial charge on any atom is 0.125 e. The second-order valence-corrected chi connectivity index (χ2v) is 5.52. The molecule has 0 saturated heterocycles. The summed E-state index contributed by atoms with van der Waals surface area (Å²) in [6, 6.07) is 11.9. The smallest absolute Gasteiger partial charge is 0.125 e. The molecule has 2 rings (SSSR count). The average Bonchev–Trinajstić information content (AvgIpc) is 2.52. The van der Waals surface area contributed by atoms with Crippen LogP contribution in [0.3, 0.4) is 0 Å². The summed E-state index contributed by atoms with van der Waals surface area (Å²) in [5.74, 6) is 0.712. The molecule has 20 heavy (non-hydrogen) atoms. The molecule has 0 aliphatic heterocycles. The number of aliphatic hydroxyl groups excluding tert-OH is 1. The number of aliphatic hydroxyl groups is 1. The van der Waals surface area contributed by atoms with Crippen LogP contribution in [0.25, 0.3) is 10.8 Å². The minimum absolute atomic E-state index is 0.364. The van der Waals surface area contributed by atoms with Crippen molar-refractivity contribution in [1.82, 2.24) is 0 Å². The van der Waals surface area contributed by atoms with Crippen LogP contribution in [-0.2, 0) is 0 Å². The maximum atomic E-state index is 10.9. The molecule has 0 radical (unpaired) electrons. The number of fused-ring (bicyclic) bond motifs is 1. The summed E-state index contributed by atoms with van der Waals surface area (Å²) in [6.45, 7) is 4.49. The van der Waals surface area contributed by atoms with Crippen LogP contribution < -0.4 is 10.5 Å². The topological polar surface area (TPSA) is 55.5 Å². The van der Waals surface area contributed by atoms with Crippen LogP contribution in [0, 0.1) is 5.41 Å². The molecule has 2 aromatic rings. The molecule has 0 aliphatic carbocycles. The number of methoxy groups -OCH3 is 1. The SMILES string of the molecule is CCC(C)(CN)C(O)c1c(OC)ccc2ccccc12. The van der Waals surface area contributed by atoms with Crippen molar-refractivity contribution in [1.29, 1.82) is 0 Å². The molecule has 0 heterocycles. The lowest BCUT2D eigenvalue weighted by Crippen LogP contribution is -2.33. The van der Waals surface area contributed by atoms with Gasteiger partial charge in [-0.15, -0.1) is 0 Å². The molecular formula is C17H23NO2. The normalized spacial score (nSPS) is 15.8. The van der Waals surface area contributed by atoms with Crippen molar-refractivity contribution in [2.24, 2.45) is 11.1 Å². The molecule has 2 aromatic carbocycles. The van der Waals surface area contributed by atoms with Crippen molar-refractivity contribution in [2.45, 2.75) is 26.4 Å². The molecule has 2 atom stereocenters. The monoisotopic (exact) mass is 273 g/mol. The van der Waals surface area contributed by atoms with E-state index in [-0.39, 0.29) is 5.41 Å². The molecule has 3 heteroatoms. The highest BCUT2D eigenvalue weighted by molar-refractivity contribution is 5.88. The molecule has 0 aromatic heterocycles. The lowest BCUT2D eigenvalue weighted by Gasteiger charge is -2.33. The van der Waals surface area contributed by atoms with E-state index in [4.69, 9.17) is 10.5 Å². The van der Waals surface area contributed by atoms with Crippen molar-refractivity contribution in [2.75, 3.05) is 13.7 Å². The highest BCUT2D eigenvalue weighted by Crippen LogP contribution is 2.42. The van der Waals surface area contributed by atoms with E-state index in [1.165, 1.54) is 0 Å². The van der Waals surface area contributed by atoms with Crippen molar-refractivity contribution in [3.05, 3.63) is 42.0 Å². The van der Waals surface area contributed by atoms with Gasteiger partial charge in [-0.1, -0.05) is 44.2 Å². The van der Waals surface area contributed by atoms with Gasteiger partial charge < -0.3 is 15.6 Å². The molecule has 108 valence electrons. The number of rotatable bonds is 5. The first-order valence-electron chi connectivity index (χ1n) is 7.01. The van der Waals surface area contributed by atoms with Gasteiger partial charge in [0.1, 0.15) is 5.75 Å². The predicted molar refractivity (Wildman–Crippen MR) is 82.9 cm³/mol. The third kappa shape index (κ3) is 2.39. The number of benzene rings is 2. The Morgan fingerprint density at radius 2 is 1.95 bits per heavy atom. The van der Waals surface area contributed by atoms with E-state index in [2.05, 4.69) is 0 Å². The zero-order valence-corrected chi connectivity index (χ0v) is 12.4. The molecule has 0 fully saturated rings. The highest BCUT2D eigenvalue weighted by atomic mass is 16.5. The second-order valence-electron chi connectivity index (χ2n) is 5.52. The third-order valence-corrected chi connectivity index (χ3v) is 4.36. The van der Waals surface area contributed by atoms with Gasteiger partial charge in [-0.3, -0.25) is 0 Å². The van der Waals surface area contributed by atoms with Crippen molar-refractivity contribution >= 4 is 10.8 Å². The molecular weight excluding hydrogens is 250 g/mol. The first-order valence-corrected chi connectivity index (χ1v) is 7.01. The van der Waals surface area contributed by atoms with Crippen molar-refractivity contribution in [3.8, 4) is 5.75 Å². The molecule has 0 bridgehead atoms. The minimum Gasteiger partial charge on any atom is -0.496 e. The molecule has 2 unspecified atom stereocenters. The van der Waals surface area contributed by atoms with Gasteiger partial charge in [0.05, 0.1) is 13.2 Å². The van der Waals surface area contributed by atoms with E-state index in [1.54, 1.807) is 7.11 Å². The van der Waals surface area contributed by atoms with Crippen LogP contribution in [0.5, 0.6) is 5.75 Å². The standard InChI is InChI=1S/C17H23NO2/c1-4-17(2,11-18)16(19)15-13-8-6-5-7-12(13)9-10-14(15)20-3/h5-10,16,19H,4,11,18H2,1-3H3. The van der Waals surface area contributed by atoms with E-state index in [1.807, 2.05) is 50.2 Å². The quantitative estimate of drug-likeness (QED) is 0.879. The molecule has 0 aliphatic rings. The van der Waals surface area contributed by atoms with Gasteiger partial charge in [0, 0.05) is 17.5 Å². The summed E-state index contributed by atoms with van der Waals surface area (Å²) in [7, 11) is 1.63. The van der Waals surface area contributed by atoms with Gasteiger partial charge in [-0.2, -0.15) is 0 Å². The highest BCUT2D eigenvalue weighted by Gasteiger charge is 2.33. The number of hydrogen-bond acceptors (Lipinski definition) is 3.